The number of ether oxygens (including phenoxy) is 1. The third-order valence-corrected chi connectivity index (χ3v) is 2.72. The van der Waals surface area contributed by atoms with Gasteiger partial charge in [-0.25, -0.2) is 4.98 Å². The average molecular weight is 208 g/mol. The zero-order valence-electron chi connectivity index (χ0n) is 7.90. The van der Waals surface area contributed by atoms with Crippen LogP contribution in [0.1, 0.15) is 5.01 Å². The van der Waals surface area contributed by atoms with Crippen molar-refractivity contribution in [2.75, 3.05) is 32.8 Å². The molecule has 0 bridgehead atoms. The van der Waals surface area contributed by atoms with Gasteiger partial charge in [-0.15, -0.1) is 11.3 Å². The van der Waals surface area contributed by atoms with Crippen LogP contribution in [0, 0.1) is 11.8 Å². The van der Waals surface area contributed by atoms with Crippen molar-refractivity contribution in [2.45, 2.75) is 0 Å². The van der Waals surface area contributed by atoms with E-state index in [1.807, 2.05) is 5.38 Å². The van der Waals surface area contributed by atoms with Crippen LogP contribution in [-0.4, -0.2) is 42.7 Å². The highest BCUT2D eigenvalue weighted by Crippen LogP contribution is 2.00. The summed E-state index contributed by atoms with van der Waals surface area (Å²) in [6, 6.07) is 0. The summed E-state index contributed by atoms with van der Waals surface area (Å²) in [7, 11) is 0. The predicted molar refractivity (Wildman–Crippen MR) is 56.3 cm³/mol. The smallest absolute Gasteiger partial charge is 0.166 e. The lowest BCUT2D eigenvalue weighted by molar-refractivity contribution is 0.0443. The van der Waals surface area contributed by atoms with E-state index in [-0.39, 0.29) is 0 Å². The van der Waals surface area contributed by atoms with Crippen molar-refractivity contribution in [3.05, 3.63) is 16.6 Å². The highest BCUT2D eigenvalue weighted by Gasteiger charge is 2.07. The zero-order chi connectivity index (χ0) is 9.64. The first kappa shape index (κ1) is 9.66. The topological polar surface area (TPSA) is 25.4 Å². The van der Waals surface area contributed by atoms with Crippen molar-refractivity contribution in [2.24, 2.45) is 0 Å². The van der Waals surface area contributed by atoms with Gasteiger partial charge in [-0.3, -0.25) is 4.90 Å². The molecule has 0 aliphatic carbocycles. The van der Waals surface area contributed by atoms with Crippen LogP contribution in [0.15, 0.2) is 11.6 Å². The van der Waals surface area contributed by atoms with Crippen molar-refractivity contribution in [3.63, 3.8) is 0 Å². The molecule has 2 rings (SSSR count). The summed E-state index contributed by atoms with van der Waals surface area (Å²) < 4.78 is 5.25. The van der Waals surface area contributed by atoms with E-state index in [0.29, 0.717) is 0 Å². The lowest BCUT2D eigenvalue weighted by Crippen LogP contribution is -2.36. The number of aromatic nitrogens is 1. The second kappa shape index (κ2) is 5.11. The fraction of sp³-hybridized carbons (Fsp3) is 0.500. The fourth-order valence-corrected chi connectivity index (χ4v) is 1.77. The van der Waals surface area contributed by atoms with E-state index in [1.54, 1.807) is 17.5 Å². The first-order chi connectivity index (χ1) is 6.95. The molecule has 74 valence electrons. The van der Waals surface area contributed by atoms with Gasteiger partial charge in [0.1, 0.15) is 0 Å². The lowest BCUT2D eigenvalue weighted by Gasteiger charge is -2.24. The van der Waals surface area contributed by atoms with Gasteiger partial charge in [-0.1, -0.05) is 5.92 Å². The molecule has 1 aromatic heterocycles. The Hall–Kier alpha value is -0.890. The van der Waals surface area contributed by atoms with E-state index in [4.69, 9.17) is 4.74 Å². The van der Waals surface area contributed by atoms with Crippen LogP contribution in [-0.2, 0) is 4.74 Å². The molecular formula is C10H12N2OS. The average Bonchev–Trinajstić information content (AvgIpc) is 2.72. The van der Waals surface area contributed by atoms with Gasteiger partial charge < -0.3 is 4.74 Å². The molecule has 0 spiro atoms. The summed E-state index contributed by atoms with van der Waals surface area (Å²) in [5.74, 6) is 6.17. The van der Waals surface area contributed by atoms with Gasteiger partial charge in [0.25, 0.3) is 0 Å². The first-order valence-corrected chi connectivity index (χ1v) is 5.51. The summed E-state index contributed by atoms with van der Waals surface area (Å²) in [4.78, 5) is 6.40. The maximum absolute atomic E-state index is 5.25. The molecule has 14 heavy (non-hydrogen) atoms. The Labute approximate surface area is 87.7 Å². The molecule has 0 unspecified atom stereocenters. The molecular weight excluding hydrogens is 196 g/mol. The molecule has 1 aliphatic heterocycles. The van der Waals surface area contributed by atoms with Crippen molar-refractivity contribution < 1.29 is 4.74 Å². The number of rotatable bonds is 1. The Morgan fingerprint density at radius 2 is 2.36 bits per heavy atom. The van der Waals surface area contributed by atoms with Gasteiger partial charge in [0.2, 0.25) is 0 Å². The van der Waals surface area contributed by atoms with Crippen LogP contribution in [0.25, 0.3) is 0 Å². The van der Waals surface area contributed by atoms with Crippen LogP contribution in [0.3, 0.4) is 0 Å². The molecule has 0 radical (unpaired) electrons. The van der Waals surface area contributed by atoms with Gasteiger partial charge in [0, 0.05) is 24.7 Å². The van der Waals surface area contributed by atoms with Gasteiger partial charge in [-0.2, -0.15) is 0 Å². The maximum Gasteiger partial charge on any atom is 0.166 e. The molecule has 1 aliphatic rings. The molecule has 3 nitrogen and oxygen atoms in total. The van der Waals surface area contributed by atoms with Crippen molar-refractivity contribution in [1.29, 1.82) is 0 Å². The van der Waals surface area contributed by atoms with Gasteiger partial charge >= 0.3 is 0 Å². The second-order valence-electron chi connectivity index (χ2n) is 3.03. The van der Waals surface area contributed by atoms with Crippen molar-refractivity contribution >= 4 is 11.3 Å². The van der Waals surface area contributed by atoms with Crippen LogP contribution in [0.5, 0.6) is 0 Å². The van der Waals surface area contributed by atoms with E-state index >= 15 is 0 Å². The fourth-order valence-electron chi connectivity index (χ4n) is 1.27. The summed E-state index contributed by atoms with van der Waals surface area (Å²) in [5.41, 5.74) is 0. The van der Waals surface area contributed by atoms with Gasteiger partial charge in [0.15, 0.2) is 5.01 Å². The second-order valence-corrected chi connectivity index (χ2v) is 3.92. The van der Waals surface area contributed by atoms with Crippen LogP contribution < -0.4 is 0 Å². The number of nitrogens with zero attached hydrogens (tertiary/aromatic N) is 2. The van der Waals surface area contributed by atoms with Crippen LogP contribution in [0.4, 0.5) is 0 Å². The van der Waals surface area contributed by atoms with Crippen molar-refractivity contribution in [1.82, 2.24) is 9.88 Å². The molecule has 0 saturated carbocycles. The number of morpholine rings is 1. The quantitative estimate of drug-likeness (QED) is 0.639. The van der Waals surface area contributed by atoms with Crippen LogP contribution in [0.2, 0.25) is 0 Å². The predicted octanol–water partition coefficient (Wildman–Crippen LogP) is 0.827. The zero-order valence-corrected chi connectivity index (χ0v) is 8.72. The van der Waals surface area contributed by atoms with Gasteiger partial charge in [0.05, 0.1) is 19.8 Å². The third kappa shape index (κ3) is 2.81. The molecule has 0 N–H and O–H groups in total. The maximum atomic E-state index is 5.25. The van der Waals surface area contributed by atoms with E-state index < -0.39 is 0 Å². The molecule has 4 heteroatoms. The Bertz CT molecular complexity index is 320. The minimum absolute atomic E-state index is 0.822. The SMILES string of the molecule is C(#Cc1nccs1)CN1CCOCC1. The first-order valence-electron chi connectivity index (χ1n) is 4.63. The largest absolute Gasteiger partial charge is 0.379 e. The van der Waals surface area contributed by atoms with E-state index in [9.17, 15) is 0 Å². The van der Waals surface area contributed by atoms with E-state index in [1.165, 1.54) is 0 Å². The minimum atomic E-state index is 0.822. The third-order valence-electron chi connectivity index (χ3n) is 2.03. The number of hydrogen-bond acceptors (Lipinski definition) is 4. The molecule has 1 saturated heterocycles. The Morgan fingerprint density at radius 3 is 3.07 bits per heavy atom. The molecule has 0 aromatic carbocycles. The summed E-state index contributed by atoms with van der Waals surface area (Å²) in [5, 5.41) is 2.84. The molecule has 1 aromatic rings. The van der Waals surface area contributed by atoms with E-state index in [2.05, 4.69) is 21.7 Å². The lowest BCUT2D eigenvalue weighted by atomic mass is 10.4. The Morgan fingerprint density at radius 1 is 1.50 bits per heavy atom. The summed E-state index contributed by atoms with van der Waals surface area (Å²) in [6.07, 6.45) is 1.78. The monoisotopic (exact) mass is 208 g/mol. The van der Waals surface area contributed by atoms with Crippen LogP contribution >= 0.6 is 11.3 Å². The molecule has 2 heterocycles. The summed E-state index contributed by atoms with van der Waals surface area (Å²) >= 11 is 1.58. The highest BCUT2D eigenvalue weighted by molar-refractivity contribution is 7.10. The minimum Gasteiger partial charge on any atom is -0.379 e. The number of hydrogen-bond donors (Lipinski definition) is 0. The summed E-state index contributed by atoms with van der Waals surface area (Å²) in [6.45, 7) is 4.47. The standard InChI is InChI=1S/C10H12N2OS/c1(2-10-11-3-9-14-10)4-12-5-7-13-8-6-12/h3,9H,4-8H2. The normalized spacial score (nSPS) is 17.4. The molecule has 0 amide bonds. The van der Waals surface area contributed by atoms with Gasteiger partial charge in [-0.05, 0) is 5.92 Å². The van der Waals surface area contributed by atoms with E-state index in [0.717, 1.165) is 37.9 Å². The molecule has 1 fully saturated rings. The Balaban J connectivity index is 1.80. The van der Waals surface area contributed by atoms with Crippen molar-refractivity contribution in [3.8, 4) is 11.8 Å². The number of thiazole rings is 1. The molecule has 0 atom stereocenters. The Kier molecular flexibility index (Phi) is 3.52. The highest BCUT2D eigenvalue weighted by atomic mass is 32.1.